The van der Waals surface area contributed by atoms with Gasteiger partial charge < -0.3 is 14.8 Å². The molecule has 0 unspecified atom stereocenters. The van der Waals surface area contributed by atoms with E-state index in [4.69, 9.17) is 32.7 Å². The summed E-state index contributed by atoms with van der Waals surface area (Å²) in [5, 5.41) is 9.26. The van der Waals surface area contributed by atoms with Gasteiger partial charge in [0, 0.05) is 5.69 Å². The van der Waals surface area contributed by atoms with Gasteiger partial charge in [-0.2, -0.15) is 4.68 Å². The highest BCUT2D eigenvalue weighted by Gasteiger charge is 2.51. The summed E-state index contributed by atoms with van der Waals surface area (Å²) in [5.41, 5.74) is -0.604. The maximum atomic E-state index is 12.6. The summed E-state index contributed by atoms with van der Waals surface area (Å²) >= 11 is 13.0. The Bertz CT molecular complexity index is 1630. The van der Waals surface area contributed by atoms with Crippen molar-refractivity contribution >= 4 is 46.7 Å². The van der Waals surface area contributed by atoms with E-state index in [0.717, 1.165) is 40.8 Å². The Balaban J connectivity index is 1.47. The maximum absolute atomic E-state index is 12.6. The number of halogens is 2. The lowest BCUT2D eigenvalue weighted by Gasteiger charge is -2.36. The number of aromatic amines is 1. The third-order valence-corrected chi connectivity index (χ3v) is 7.17. The molecule has 0 radical (unpaired) electrons. The third kappa shape index (κ3) is 4.87. The molecule has 1 aromatic heterocycles. The number of fused-ring (bicyclic) bond motifs is 2. The number of nitrogens with zero attached hydrogens (tertiary/aromatic N) is 2. The normalized spacial score (nSPS) is 15.4. The third-order valence-electron chi connectivity index (χ3n) is 6.61. The van der Waals surface area contributed by atoms with Crippen LogP contribution in [0.4, 0.5) is 16.3 Å². The highest BCUT2D eigenvalue weighted by molar-refractivity contribution is 6.37. The Hall–Kier alpha value is -3.83. The Morgan fingerprint density at radius 2 is 1.77 bits per heavy atom. The summed E-state index contributed by atoms with van der Waals surface area (Å²) in [6.07, 6.45) is 1.60. The largest absolute Gasteiger partial charge is 0.454 e. The number of benzene rings is 2. The van der Waals surface area contributed by atoms with E-state index in [1.54, 1.807) is 20.8 Å². The van der Waals surface area contributed by atoms with E-state index in [2.05, 4.69) is 20.7 Å². The van der Waals surface area contributed by atoms with Gasteiger partial charge in [-0.25, -0.2) is 9.59 Å². The molecule has 1 saturated carbocycles. The fourth-order valence-corrected chi connectivity index (χ4v) is 5.17. The quantitative estimate of drug-likeness (QED) is 0.396. The van der Waals surface area contributed by atoms with E-state index in [9.17, 15) is 19.2 Å². The second kappa shape index (κ2) is 9.42. The van der Waals surface area contributed by atoms with E-state index in [1.807, 2.05) is 19.1 Å². The number of aromatic nitrogens is 3. The van der Waals surface area contributed by atoms with Crippen LogP contribution in [0.5, 0.6) is 11.5 Å². The zero-order chi connectivity index (χ0) is 28.3. The van der Waals surface area contributed by atoms with E-state index in [-0.39, 0.29) is 27.4 Å². The number of hydrogen-bond donors (Lipinski definition) is 3. The summed E-state index contributed by atoms with van der Waals surface area (Å²) in [5.74, 6) is 0.157. The van der Waals surface area contributed by atoms with Crippen molar-refractivity contribution in [1.29, 1.82) is 0 Å². The van der Waals surface area contributed by atoms with Crippen LogP contribution in [-0.4, -0.2) is 32.4 Å². The lowest BCUT2D eigenvalue weighted by molar-refractivity contribution is -0.123. The summed E-state index contributed by atoms with van der Waals surface area (Å²) in [6, 6.07) is 6.46. The molecule has 1 aliphatic carbocycles. The van der Waals surface area contributed by atoms with E-state index >= 15 is 0 Å². The maximum Gasteiger partial charge on any atom is 0.413 e. The van der Waals surface area contributed by atoms with Gasteiger partial charge in [-0.3, -0.25) is 19.9 Å². The number of carbonyl (C=O) groups excluding carboxylic acids is 2. The first-order valence-corrected chi connectivity index (χ1v) is 12.9. The second-order valence-electron chi connectivity index (χ2n) is 10.5. The van der Waals surface area contributed by atoms with Crippen LogP contribution in [0.1, 0.15) is 51.2 Å². The molecular weight excluding hydrogens is 549 g/mol. The van der Waals surface area contributed by atoms with Crippen molar-refractivity contribution in [2.75, 3.05) is 10.6 Å². The molecule has 2 heterocycles. The number of ether oxygens (including phenoxy) is 2. The number of aryl methyl sites for hydroxylation is 1. The summed E-state index contributed by atoms with van der Waals surface area (Å²) < 4.78 is 12.1. The lowest BCUT2D eigenvalue weighted by atomic mass is 9.65. The average Bonchev–Trinajstić information content (AvgIpc) is 3.07. The predicted octanol–water partition coefficient (Wildman–Crippen LogP) is 5.05. The second-order valence-corrected chi connectivity index (χ2v) is 11.4. The zero-order valence-corrected chi connectivity index (χ0v) is 23.0. The van der Waals surface area contributed by atoms with Crippen molar-refractivity contribution in [1.82, 2.24) is 14.8 Å². The molecule has 5 rings (SSSR count). The van der Waals surface area contributed by atoms with Crippen LogP contribution >= 0.6 is 23.2 Å². The minimum absolute atomic E-state index is 0.0000833. The lowest BCUT2D eigenvalue weighted by Crippen LogP contribution is -2.40. The van der Waals surface area contributed by atoms with Gasteiger partial charge in [-0.1, -0.05) is 29.6 Å². The Morgan fingerprint density at radius 3 is 2.36 bits per heavy atom. The topological polar surface area (TPSA) is 144 Å². The Kier molecular flexibility index (Phi) is 6.47. The minimum Gasteiger partial charge on any atom is -0.454 e. The smallest absolute Gasteiger partial charge is 0.413 e. The van der Waals surface area contributed by atoms with Crippen molar-refractivity contribution in [2.24, 2.45) is 0 Å². The monoisotopic (exact) mass is 573 g/mol. The number of carbonyl (C=O) groups is 2. The number of H-pyrrole nitrogens is 1. The van der Waals surface area contributed by atoms with Gasteiger partial charge in [-0.15, -0.1) is 5.10 Å². The van der Waals surface area contributed by atoms with Crippen LogP contribution in [-0.2, 0) is 14.9 Å². The molecule has 39 heavy (non-hydrogen) atoms. The number of amides is 2. The van der Waals surface area contributed by atoms with Crippen LogP contribution in [0.3, 0.4) is 0 Å². The Labute approximate surface area is 232 Å². The summed E-state index contributed by atoms with van der Waals surface area (Å²) in [4.78, 5) is 51.6. The van der Waals surface area contributed by atoms with Crippen molar-refractivity contribution < 1.29 is 19.1 Å². The van der Waals surface area contributed by atoms with Crippen LogP contribution in [0.25, 0.3) is 5.69 Å². The van der Waals surface area contributed by atoms with Crippen LogP contribution in [0, 0.1) is 6.92 Å². The minimum atomic E-state index is -0.921. The van der Waals surface area contributed by atoms with Crippen molar-refractivity contribution in [3.05, 3.63) is 66.3 Å². The van der Waals surface area contributed by atoms with Crippen molar-refractivity contribution in [3.8, 4) is 17.2 Å². The molecule has 0 saturated heterocycles. The molecule has 2 aliphatic rings. The molecular formula is C26H25Cl2N5O6. The molecule has 11 nitrogen and oxygen atoms in total. The first-order valence-electron chi connectivity index (χ1n) is 12.1. The molecule has 13 heteroatoms. The van der Waals surface area contributed by atoms with E-state index in [0.29, 0.717) is 5.75 Å². The molecule has 1 fully saturated rings. The molecule has 1 aliphatic heterocycles. The number of hydrogen-bond acceptors (Lipinski definition) is 7. The van der Waals surface area contributed by atoms with Gasteiger partial charge in [0.25, 0.3) is 5.56 Å². The highest BCUT2D eigenvalue weighted by Crippen LogP contribution is 2.53. The van der Waals surface area contributed by atoms with Crippen LogP contribution < -0.4 is 26.6 Å². The average molecular weight is 574 g/mol. The van der Waals surface area contributed by atoms with E-state index in [1.165, 1.54) is 12.1 Å². The number of rotatable bonds is 4. The van der Waals surface area contributed by atoms with Crippen molar-refractivity contribution in [2.45, 2.75) is 58.0 Å². The molecule has 1 spiro atoms. The first-order chi connectivity index (χ1) is 18.3. The molecule has 3 aromatic rings. The molecule has 2 amide bonds. The molecule has 0 bridgehead atoms. The van der Waals surface area contributed by atoms with Gasteiger partial charge in [0.1, 0.15) is 11.4 Å². The van der Waals surface area contributed by atoms with Crippen LogP contribution in [0.2, 0.25) is 10.0 Å². The molecule has 204 valence electrons. The van der Waals surface area contributed by atoms with Gasteiger partial charge in [0.2, 0.25) is 11.7 Å². The molecule has 2 aromatic carbocycles. The van der Waals surface area contributed by atoms with E-state index < -0.39 is 34.2 Å². The number of anilines is 2. The van der Waals surface area contributed by atoms with Crippen LogP contribution in [0.15, 0.2) is 33.9 Å². The first kappa shape index (κ1) is 26.8. The molecule has 0 atom stereocenters. The zero-order valence-electron chi connectivity index (χ0n) is 21.5. The molecule has 3 N–H and O–H groups in total. The standard InChI is InChI=1S/C26H25Cl2N5O6/c1-12-8-17-14(26(6-5-7-26)22(35)29-17)11-18(12)38-19-15(27)9-13(10-16(19)28)33-23(36)31-21(34)20(32-33)30-24(37)39-25(2,3)4/h8-11H,5-7H2,1-4H3,(H,29,35)(H,30,32,37)(H,31,34,36). The Morgan fingerprint density at radius 1 is 1.10 bits per heavy atom. The van der Waals surface area contributed by atoms with Crippen molar-refractivity contribution in [3.63, 3.8) is 0 Å². The van der Waals surface area contributed by atoms with Gasteiger partial charge >= 0.3 is 11.8 Å². The summed E-state index contributed by atoms with van der Waals surface area (Å²) in [7, 11) is 0. The van der Waals surface area contributed by atoms with Gasteiger partial charge in [-0.05, 0) is 75.9 Å². The van der Waals surface area contributed by atoms with Gasteiger partial charge in [0.05, 0.1) is 21.1 Å². The number of nitrogens with one attached hydrogen (secondary N) is 3. The SMILES string of the molecule is Cc1cc2c(cc1Oc1c(Cl)cc(-n3nc(NC(=O)OC(C)(C)C)c(=O)[nH]c3=O)cc1Cl)C1(CCC1)C(=O)N2. The summed E-state index contributed by atoms with van der Waals surface area (Å²) in [6.45, 7) is 6.81. The highest BCUT2D eigenvalue weighted by atomic mass is 35.5. The fourth-order valence-electron chi connectivity index (χ4n) is 4.62. The van der Waals surface area contributed by atoms with Gasteiger partial charge in [0.15, 0.2) is 5.75 Å². The predicted molar refractivity (Wildman–Crippen MR) is 146 cm³/mol. The fraction of sp³-hybridized carbons (Fsp3) is 0.346.